The van der Waals surface area contributed by atoms with Crippen LogP contribution in [0.4, 0.5) is 0 Å². The lowest BCUT2D eigenvalue weighted by molar-refractivity contribution is 0.515. The molecule has 3 nitrogen and oxygen atoms in total. The van der Waals surface area contributed by atoms with Crippen LogP contribution >= 0.6 is 27.3 Å². The molecule has 0 radical (unpaired) electrons. The van der Waals surface area contributed by atoms with Crippen molar-refractivity contribution in [1.29, 1.82) is 0 Å². The molecule has 0 bridgehead atoms. The summed E-state index contributed by atoms with van der Waals surface area (Å²) in [5, 5.41) is 8.13. The lowest BCUT2D eigenvalue weighted by Crippen LogP contribution is -2.28. The summed E-state index contributed by atoms with van der Waals surface area (Å²) in [7, 11) is 0. The van der Waals surface area contributed by atoms with Gasteiger partial charge in [-0.05, 0) is 62.2 Å². The quantitative estimate of drug-likeness (QED) is 0.846. The van der Waals surface area contributed by atoms with Gasteiger partial charge in [-0.2, -0.15) is 5.10 Å². The highest BCUT2D eigenvalue weighted by molar-refractivity contribution is 9.10. The van der Waals surface area contributed by atoms with Crippen molar-refractivity contribution in [1.82, 2.24) is 15.1 Å². The van der Waals surface area contributed by atoms with E-state index >= 15 is 0 Å². The number of nitrogens with zero attached hydrogens (tertiary/aromatic N) is 2. The van der Waals surface area contributed by atoms with Crippen molar-refractivity contribution in [3.63, 3.8) is 0 Å². The normalized spacial score (nSPS) is 12.8. The maximum Gasteiger partial charge on any atom is 0.0739 e. The Morgan fingerprint density at radius 1 is 1.40 bits per heavy atom. The van der Waals surface area contributed by atoms with E-state index < -0.39 is 0 Å². The van der Waals surface area contributed by atoms with E-state index in [-0.39, 0.29) is 0 Å². The van der Waals surface area contributed by atoms with E-state index in [4.69, 9.17) is 0 Å². The standard InChI is InChI=1S/C15H22BrN3S/c1-5-19-14(15(16)12(4)18-19)9-17-10(2)8-13-7-6-11(3)20-13/h6-7,10,17H,5,8-9H2,1-4H3. The summed E-state index contributed by atoms with van der Waals surface area (Å²) in [5.41, 5.74) is 2.30. The van der Waals surface area contributed by atoms with Gasteiger partial charge in [0.25, 0.3) is 0 Å². The van der Waals surface area contributed by atoms with Crippen molar-refractivity contribution in [2.24, 2.45) is 0 Å². The van der Waals surface area contributed by atoms with Crippen LogP contribution in [0.15, 0.2) is 16.6 Å². The molecule has 0 saturated heterocycles. The van der Waals surface area contributed by atoms with Gasteiger partial charge in [0.15, 0.2) is 0 Å². The van der Waals surface area contributed by atoms with Gasteiger partial charge < -0.3 is 5.32 Å². The Kier molecular flexibility index (Phi) is 5.41. The predicted octanol–water partition coefficient (Wildman–Crippen LogP) is 4.06. The fourth-order valence-electron chi connectivity index (χ4n) is 2.28. The molecule has 5 heteroatoms. The Morgan fingerprint density at radius 2 is 2.15 bits per heavy atom. The number of halogens is 1. The van der Waals surface area contributed by atoms with E-state index in [0.717, 1.165) is 29.7 Å². The van der Waals surface area contributed by atoms with Crippen LogP contribution < -0.4 is 5.32 Å². The zero-order valence-electron chi connectivity index (χ0n) is 12.5. The van der Waals surface area contributed by atoms with Gasteiger partial charge in [0.2, 0.25) is 0 Å². The molecule has 2 heterocycles. The summed E-state index contributed by atoms with van der Waals surface area (Å²) in [5.74, 6) is 0. The molecule has 0 fully saturated rings. The molecule has 0 aliphatic carbocycles. The molecule has 20 heavy (non-hydrogen) atoms. The van der Waals surface area contributed by atoms with Crippen molar-refractivity contribution in [3.8, 4) is 0 Å². The van der Waals surface area contributed by atoms with Crippen LogP contribution in [-0.4, -0.2) is 15.8 Å². The van der Waals surface area contributed by atoms with Crippen molar-refractivity contribution in [2.75, 3.05) is 0 Å². The fourth-order valence-corrected chi connectivity index (χ4v) is 3.72. The van der Waals surface area contributed by atoms with Crippen LogP contribution in [0.2, 0.25) is 0 Å². The zero-order chi connectivity index (χ0) is 14.7. The second-order valence-corrected chi connectivity index (χ2v) is 7.33. The molecule has 2 aromatic heterocycles. The van der Waals surface area contributed by atoms with Crippen molar-refractivity contribution in [3.05, 3.63) is 37.7 Å². The zero-order valence-corrected chi connectivity index (χ0v) is 14.9. The Morgan fingerprint density at radius 3 is 2.75 bits per heavy atom. The summed E-state index contributed by atoms with van der Waals surface area (Å²) in [6.07, 6.45) is 1.08. The molecule has 1 N–H and O–H groups in total. The molecule has 0 amide bonds. The Balaban J connectivity index is 1.94. The molecule has 0 aliphatic rings. The largest absolute Gasteiger partial charge is 0.308 e. The van der Waals surface area contributed by atoms with Gasteiger partial charge >= 0.3 is 0 Å². The summed E-state index contributed by atoms with van der Waals surface area (Å²) >= 11 is 5.53. The van der Waals surface area contributed by atoms with Crippen molar-refractivity contribution >= 4 is 27.3 Å². The van der Waals surface area contributed by atoms with E-state index in [0.29, 0.717) is 6.04 Å². The number of hydrogen-bond donors (Lipinski definition) is 1. The summed E-state index contributed by atoms with van der Waals surface area (Å²) in [4.78, 5) is 2.83. The topological polar surface area (TPSA) is 29.9 Å². The number of hydrogen-bond acceptors (Lipinski definition) is 3. The molecule has 0 aliphatic heterocycles. The minimum Gasteiger partial charge on any atom is -0.308 e. The minimum absolute atomic E-state index is 0.459. The molecule has 2 aromatic rings. The van der Waals surface area contributed by atoms with Crippen LogP contribution in [0, 0.1) is 13.8 Å². The van der Waals surface area contributed by atoms with E-state index in [1.165, 1.54) is 15.4 Å². The summed E-state index contributed by atoms with van der Waals surface area (Å²) in [6, 6.07) is 4.88. The van der Waals surface area contributed by atoms with E-state index in [1.807, 2.05) is 18.3 Å². The van der Waals surface area contributed by atoms with Crippen molar-refractivity contribution < 1.29 is 0 Å². The first kappa shape index (κ1) is 15.7. The highest BCUT2D eigenvalue weighted by atomic mass is 79.9. The van der Waals surface area contributed by atoms with Crippen LogP contribution in [0.3, 0.4) is 0 Å². The molecule has 2 rings (SSSR count). The predicted molar refractivity (Wildman–Crippen MR) is 89.4 cm³/mol. The number of aromatic nitrogens is 2. The number of rotatable bonds is 6. The van der Waals surface area contributed by atoms with Gasteiger partial charge in [-0.25, -0.2) is 0 Å². The molecular formula is C15H22BrN3S. The number of thiophene rings is 1. The lowest BCUT2D eigenvalue weighted by atomic mass is 10.2. The molecule has 110 valence electrons. The van der Waals surface area contributed by atoms with Crippen molar-refractivity contribution in [2.45, 2.75) is 53.2 Å². The second-order valence-electron chi connectivity index (χ2n) is 5.16. The maximum atomic E-state index is 4.53. The van der Waals surface area contributed by atoms with Crippen LogP contribution in [-0.2, 0) is 19.5 Å². The number of nitrogens with one attached hydrogen (secondary N) is 1. The Hall–Kier alpha value is -0.650. The highest BCUT2D eigenvalue weighted by Gasteiger charge is 2.13. The van der Waals surface area contributed by atoms with Gasteiger partial charge in [0.05, 0.1) is 15.9 Å². The molecule has 1 atom stereocenters. The van der Waals surface area contributed by atoms with Crippen LogP contribution in [0.25, 0.3) is 0 Å². The highest BCUT2D eigenvalue weighted by Crippen LogP contribution is 2.21. The van der Waals surface area contributed by atoms with Crippen LogP contribution in [0.1, 0.15) is 35.0 Å². The van der Waals surface area contributed by atoms with E-state index in [9.17, 15) is 0 Å². The van der Waals surface area contributed by atoms with Gasteiger partial charge in [-0.3, -0.25) is 4.68 Å². The monoisotopic (exact) mass is 355 g/mol. The first-order chi connectivity index (χ1) is 9.51. The third-order valence-corrected chi connectivity index (χ3v) is 5.43. The average molecular weight is 356 g/mol. The smallest absolute Gasteiger partial charge is 0.0739 e. The SMILES string of the molecule is CCn1nc(C)c(Br)c1CNC(C)Cc1ccc(C)s1. The van der Waals surface area contributed by atoms with E-state index in [2.05, 4.69) is 63.9 Å². The van der Waals surface area contributed by atoms with Gasteiger partial charge in [0, 0.05) is 28.9 Å². The second kappa shape index (κ2) is 6.87. The van der Waals surface area contributed by atoms with Gasteiger partial charge in [-0.15, -0.1) is 11.3 Å². The maximum absolute atomic E-state index is 4.53. The molecule has 0 saturated carbocycles. The third-order valence-electron chi connectivity index (χ3n) is 3.37. The third kappa shape index (κ3) is 3.71. The summed E-state index contributed by atoms with van der Waals surface area (Å²) < 4.78 is 3.19. The Labute approximate surface area is 133 Å². The fraction of sp³-hybridized carbons (Fsp3) is 0.533. The van der Waals surface area contributed by atoms with Gasteiger partial charge in [0.1, 0.15) is 0 Å². The minimum atomic E-state index is 0.459. The Bertz CT molecular complexity index is 574. The summed E-state index contributed by atoms with van der Waals surface area (Å²) in [6.45, 7) is 10.3. The molecule has 0 spiro atoms. The molecule has 1 unspecified atom stereocenters. The first-order valence-electron chi connectivity index (χ1n) is 7.01. The van der Waals surface area contributed by atoms with Gasteiger partial charge in [-0.1, -0.05) is 0 Å². The first-order valence-corrected chi connectivity index (χ1v) is 8.62. The average Bonchev–Trinajstić information content (AvgIpc) is 2.92. The van der Waals surface area contributed by atoms with Crippen LogP contribution in [0.5, 0.6) is 0 Å². The molecular weight excluding hydrogens is 334 g/mol. The van der Waals surface area contributed by atoms with E-state index in [1.54, 1.807) is 0 Å². The molecule has 0 aromatic carbocycles. The lowest BCUT2D eigenvalue weighted by Gasteiger charge is -2.14. The number of aryl methyl sites for hydroxylation is 3.